The van der Waals surface area contributed by atoms with Crippen LogP contribution >= 0.6 is 0 Å². The number of nitrogens with zero attached hydrogens (tertiary/aromatic N) is 1. The second kappa shape index (κ2) is 7.30. The van der Waals surface area contributed by atoms with Gasteiger partial charge in [-0.25, -0.2) is 4.79 Å². The first kappa shape index (κ1) is 16.3. The highest BCUT2D eigenvalue weighted by Crippen LogP contribution is 2.05. The molecule has 0 aliphatic heterocycles. The van der Waals surface area contributed by atoms with Crippen molar-refractivity contribution >= 4 is 11.7 Å². The number of hydrogen-bond acceptors (Lipinski definition) is 5. The number of nitrogens with one attached hydrogen (secondary N) is 3. The molecule has 0 saturated carbocycles. The van der Waals surface area contributed by atoms with E-state index < -0.39 is 17.2 Å². The van der Waals surface area contributed by atoms with Gasteiger partial charge in [-0.1, -0.05) is 35.1 Å². The average molecular weight is 318 g/mol. The van der Waals surface area contributed by atoms with E-state index in [4.69, 9.17) is 0 Å². The van der Waals surface area contributed by atoms with Crippen LogP contribution in [0.2, 0.25) is 0 Å². The first-order chi connectivity index (χ1) is 11.0. The lowest BCUT2D eigenvalue weighted by atomic mass is 10.1. The quantitative estimate of drug-likeness (QED) is 0.567. The zero-order chi connectivity index (χ0) is 16.8. The van der Waals surface area contributed by atoms with Crippen molar-refractivity contribution in [3.63, 3.8) is 0 Å². The van der Waals surface area contributed by atoms with Gasteiger partial charge in [-0.2, -0.15) is 0 Å². The van der Waals surface area contributed by atoms with E-state index in [1.165, 1.54) is 0 Å². The van der Waals surface area contributed by atoms with E-state index in [0.29, 0.717) is 19.5 Å². The van der Waals surface area contributed by atoms with E-state index in [1.807, 2.05) is 30.3 Å². The highest BCUT2D eigenvalue weighted by Gasteiger charge is 2.20. The number of aromatic nitrogens is 2. The number of rotatable bonds is 6. The lowest BCUT2D eigenvalue weighted by molar-refractivity contribution is 0.0943. The Labute approximate surface area is 131 Å². The predicted octanol–water partition coefficient (Wildman–Crippen LogP) is 0.178. The van der Waals surface area contributed by atoms with Gasteiger partial charge in [0.2, 0.25) is 0 Å². The Bertz CT molecular complexity index is 795. The number of benzene rings is 1. The van der Waals surface area contributed by atoms with Crippen LogP contribution in [0.15, 0.2) is 39.9 Å². The van der Waals surface area contributed by atoms with Gasteiger partial charge in [0, 0.05) is 13.1 Å². The van der Waals surface area contributed by atoms with E-state index in [9.17, 15) is 19.6 Å². The highest BCUT2D eigenvalue weighted by molar-refractivity contribution is 5.98. The molecule has 8 heteroatoms. The number of amides is 1. The van der Waals surface area contributed by atoms with E-state index in [0.717, 1.165) is 5.56 Å². The van der Waals surface area contributed by atoms with Crippen molar-refractivity contribution in [2.45, 2.75) is 13.3 Å². The summed E-state index contributed by atoms with van der Waals surface area (Å²) in [5.41, 5.74) is -1.36. The Hall–Kier alpha value is -3.03. The number of hydrogen-bond donors (Lipinski definition) is 4. The molecule has 0 saturated heterocycles. The summed E-state index contributed by atoms with van der Waals surface area (Å²) in [5.74, 6) is -0.675. The molecule has 4 N–H and O–H groups in total. The normalized spacial score (nSPS) is 10.3. The molecule has 1 heterocycles. The molecule has 0 radical (unpaired) electrons. The summed E-state index contributed by atoms with van der Waals surface area (Å²) in [7, 11) is 0. The van der Waals surface area contributed by atoms with E-state index in [-0.39, 0.29) is 16.1 Å². The van der Waals surface area contributed by atoms with E-state index >= 15 is 0 Å². The Morgan fingerprint density at radius 2 is 1.96 bits per heavy atom. The Balaban J connectivity index is 2.17. The summed E-state index contributed by atoms with van der Waals surface area (Å²) in [6, 6.07) is 9.54. The highest BCUT2D eigenvalue weighted by atomic mass is 16.5. The molecule has 0 unspecified atom stereocenters. The molecule has 8 nitrogen and oxygen atoms in total. The van der Waals surface area contributed by atoms with Crippen LogP contribution in [0, 0.1) is 0 Å². The van der Waals surface area contributed by atoms with Gasteiger partial charge < -0.3 is 15.8 Å². The zero-order valence-corrected chi connectivity index (χ0v) is 12.6. The van der Waals surface area contributed by atoms with Crippen LogP contribution in [0.4, 0.5) is 5.82 Å². The van der Waals surface area contributed by atoms with Gasteiger partial charge in [0.1, 0.15) is 11.4 Å². The van der Waals surface area contributed by atoms with Crippen molar-refractivity contribution in [3.05, 3.63) is 62.3 Å². The van der Waals surface area contributed by atoms with Gasteiger partial charge in [-0.15, -0.1) is 0 Å². The van der Waals surface area contributed by atoms with Gasteiger partial charge in [0.25, 0.3) is 5.91 Å². The minimum absolute atomic E-state index is 0.00925. The topological polar surface area (TPSA) is 116 Å². The number of carbonyl (C=O) groups is 1. The fourth-order valence-electron chi connectivity index (χ4n) is 2.10. The first-order valence-corrected chi connectivity index (χ1v) is 7.19. The number of carbonyl (C=O) groups excluding carboxylic acids is 1. The lowest BCUT2D eigenvalue weighted by Gasteiger charge is -2.10. The van der Waals surface area contributed by atoms with Crippen LogP contribution in [0.3, 0.4) is 0 Å². The molecule has 1 aromatic carbocycles. The fraction of sp³-hybridized carbons (Fsp3) is 0.267. The molecule has 1 aromatic heterocycles. The maximum atomic E-state index is 12.2. The van der Waals surface area contributed by atoms with Gasteiger partial charge in [0.15, 0.2) is 0 Å². The summed E-state index contributed by atoms with van der Waals surface area (Å²) in [4.78, 5) is 37.8. The summed E-state index contributed by atoms with van der Waals surface area (Å²) < 4.78 is -0.118. The molecule has 1 amide bonds. The maximum absolute atomic E-state index is 12.2. The Morgan fingerprint density at radius 3 is 2.61 bits per heavy atom. The second-order valence-electron chi connectivity index (χ2n) is 4.82. The lowest BCUT2D eigenvalue weighted by Crippen LogP contribution is -2.41. The summed E-state index contributed by atoms with van der Waals surface area (Å²) in [5, 5.41) is 14.7. The summed E-state index contributed by atoms with van der Waals surface area (Å²) >= 11 is 0. The van der Waals surface area contributed by atoms with Gasteiger partial charge in [-0.05, 0) is 18.9 Å². The minimum Gasteiger partial charge on any atom is -0.421 e. The Morgan fingerprint density at radius 1 is 1.26 bits per heavy atom. The molecular weight excluding hydrogens is 300 g/mol. The molecule has 0 aliphatic rings. The van der Waals surface area contributed by atoms with Crippen molar-refractivity contribution in [1.82, 2.24) is 15.0 Å². The summed E-state index contributed by atoms with van der Waals surface area (Å²) in [6.45, 7) is 2.47. The number of H-pyrrole nitrogens is 1. The third-order valence-electron chi connectivity index (χ3n) is 3.20. The van der Waals surface area contributed by atoms with Crippen LogP contribution in [0.25, 0.3) is 0 Å². The number of aromatic amines is 1. The van der Waals surface area contributed by atoms with Gasteiger partial charge >= 0.3 is 11.2 Å². The molecule has 23 heavy (non-hydrogen) atoms. The first-order valence-electron chi connectivity index (χ1n) is 7.19. The van der Waals surface area contributed by atoms with Crippen molar-refractivity contribution in [2.24, 2.45) is 0 Å². The van der Waals surface area contributed by atoms with Gasteiger partial charge in [-0.3, -0.25) is 14.6 Å². The summed E-state index contributed by atoms with van der Waals surface area (Å²) in [6.07, 6.45) is 0.597. The monoisotopic (exact) mass is 318 g/mol. The van der Waals surface area contributed by atoms with Crippen LogP contribution in [-0.4, -0.2) is 33.9 Å². The fourth-order valence-corrected chi connectivity index (χ4v) is 2.10. The van der Waals surface area contributed by atoms with E-state index in [1.54, 1.807) is 6.92 Å². The molecule has 0 bridgehead atoms. The maximum Gasteiger partial charge on any atom is 0.363 e. The number of anilines is 1. The molecule has 0 spiro atoms. The molecule has 2 aromatic rings. The molecular formula is C15H18N4O4. The smallest absolute Gasteiger partial charge is 0.363 e. The van der Waals surface area contributed by atoms with Crippen molar-refractivity contribution in [2.75, 3.05) is 18.4 Å². The van der Waals surface area contributed by atoms with Crippen LogP contribution in [0.5, 0.6) is 0 Å². The Kier molecular flexibility index (Phi) is 5.19. The molecule has 2 rings (SSSR count). The standard InChI is InChI=1S/C15H18N4O4/c1-2-16-12-11(14(21)19(23)15(22)18-12)13(20)17-9-8-10-6-4-3-5-7-10/h3-7,16,23H,2,8-9H2,1H3,(H,17,20)(H,18,22). The molecule has 0 fully saturated rings. The third kappa shape index (κ3) is 3.79. The van der Waals surface area contributed by atoms with Crippen LogP contribution in [-0.2, 0) is 6.42 Å². The van der Waals surface area contributed by atoms with Gasteiger partial charge in [0.05, 0.1) is 0 Å². The van der Waals surface area contributed by atoms with Crippen molar-refractivity contribution in [1.29, 1.82) is 0 Å². The van der Waals surface area contributed by atoms with Crippen molar-refractivity contribution in [3.8, 4) is 0 Å². The van der Waals surface area contributed by atoms with Crippen LogP contribution < -0.4 is 21.9 Å². The third-order valence-corrected chi connectivity index (χ3v) is 3.20. The SMILES string of the molecule is CCNc1[nH]c(=O)n(O)c(=O)c1C(=O)NCCc1ccccc1. The van der Waals surface area contributed by atoms with Crippen molar-refractivity contribution < 1.29 is 10.0 Å². The largest absolute Gasteiger partial charge is 0.421 e. The molecule has 122 valence electrons. The van der Waals surface area contributed by atoms with E-state index in [2.05, 4.69) is 15.6 Å². The molecule has 0 aliphatic carbocycles. The predicted molar refractivity (Wildman–Crippen MR) is 85.2 cm³/mol. The molecule has 0 atom stereocenters. The average Bonchev–Trinajstić information content (AvgIpc) is 2.54. The zero-order valence-electron chi connectivity index (χ0n) is 12.6. The second-order valence-corrected chi connectivity index (χ2v) is 4.82. The minimum atomic E-state index is -1.07. The van der Waals surface area contributed by atoms with Crippen LogP contribution in [0.1, 0.15) is 22.8 Å².